The molecule has 0 aliphatic heterocycles. The Hall–Kier alpha value is -2.86. The highest BCUT2D eigenvalue weighted by molar-refractivity contribution is 6.30. The fourth-order valence-corrected chi connectivity index (χ4v) is 2.85. The normalized spacial score (nSPS) is 12.2. The van der Waals surface area contributed by atoms with E-state index in [4.69, 9.17) is 17.3 Å². The van der Waals surface area contributed by atoms with Gasteiger partial charge in [0, 0.05) is 28.4 Å². The Bertz CT molecular complexity index is 987. The second kappa shape index (κ2) is 8.68. The Kier molecular flexibility index (Phi) is 6.08. The van der Waals surface area contributed by atoms with Crippen LogP contribution in [0.3, 0.4) is 0 Å². The van der Waals surface area contributed by atoms with E-state index < -0.39 is 0 Å². The highest BCUT2D eigenvalue weighted by Gasteiger charge is 1.99. The fourth-order valence-electron chi connectivity index (χ4n) is 2.72. The monoisotopic (exact) mass is 372 g/mol. The molecule has 3 heteroatoms. The molecule has 0 amide bonds. The van der Waals surface area contributed by atoms with E-state index in [1.54, 1.807) is 0 Å². The molecule has 27 heavy (non-hydrogen) atoms. The van der Waals surface area contributed by atoms with Gasteiger partial charge < -0.3 is 5.73 Å². The smallest absolute Gasteiger partial charge is 0.113 e. The van der Waals surface area contributed by atoms with Gasteiger partial charge >= 0.3 is 0 Å². The van der Waals surface area contributed by atoms with Crippen LogP contribution in [-0.4, -0.2) is 11.0 Å². The molecule has 134 valence electrons. The van der Waals surface area contributed by atoms with Gasteiger partial charge in [0.1, 0.15) is 5.69 Å². The molecular formula is C24H21ClN2. The van der Waals surface area contributed by atoms with Crippen LogP contribution >= 0.6 is 11.6 Å². The van der Waals surface area contributed by atoms with E-state index in [0.717, 1.165) is 33.0 Å². The SMILES string of the molecule is C/C(=C\C(C)N)c1ccc(C#Cc2ccc(-c3ccc(Cl)cc3)cn2)cc1. The zero-order valence-corrected chi connectivity index (χ0v) is 16.2. The summed E-state index contributed by atoms with van der Waals surface area (Å²) in [6.45, 7) is 4.03. The lowest BCUT2D eigenvalue weighted by Gasteiger charge is -2.04. The van der Waals surface area contributed by atoms with E-state index in [0.29, 0.717) is 0 Å². The lowest BCUT2D eigenvalue weighted by atomic mass is 10.0. The van der Waals surface area contributed by atoms with E-state index in [1.165, 1.54) is 5.57 Å². The zero-order chi connectivity index (χ0) is 19.2. The van der Waals surface area contributed by atoms with Crippen molar-refractivity contribution in [2.45, 2.75) is 19.9 Å². The summed E-state index contributed by atoms with van der Waals surface area (Å²) in [5.74, 6) is 6.27. The molecule has 0 radical (unpaired) electrons. The lowest BCUT2D eigenvalue weighted by Crippen LogP contribution is -2.10. The van der Waals surface area contributed by atoms with Crippen molar-refractivity contribution in [1.82, 2.24) is 4.98 Å². The predicted octanol–water partition coefficient (Wildman–Crippen LogP) is 5.55. The number of pyridine rings is 1. The van der Waals surface area contributed by atoms with Crippen LogP contribution < -0.4 is 5.73 Å². The van der Waals surface area contributed by atoms with Gasteiger partial charge in [0.25, 0.3) is 0 Å². The van der Waals surface area contributed by atoms with Crippen molar-refractivity contribution in [3.8, 4) is 23.0 Å². The number of hydrogen-bond donors (Lipinski definition) is 1. The highest BCUT2D eigenvalue weighted by Crippen LogP contribution is 2.20. The van der Waals surface area contributed by atoms with Crippen LogP contribution in [0.1, 0.15) is 30.7 Å². The second-order valence-electron chi connectivity index (χ2n) is 6.48. The van der Waals surface area contributed by atoms with Crippen LogP contribution in [0.5, 0.6) is 0 Å². The van der Waals surface area contributed by atoms with Gasteiger partial charge in [-0.15, -0.1) is 0 Å². The third kappa shape index (κ3) is 5.31. The molecule has 1 aromatic heterocycles. The standard InChI is InChI=1S/C24H21ClN2/c1-17(15-18(2)26)20-6-3-19(4-7-20)5-13-24-14-10-22(16-27-24)21-8-11-23(25)12-9-21/h3-4,6-12,14-16,18H,26H2,1-2H3/b17-15+. The molecular weight excluding hydrogens is 352 g/mol. The average Bonchev–Trinajstić information content (AvgIpc) is 2.67. The molecule has 1 atom stereocenters. The molecule has 1 unspecified atom stereocenters. The second-order valence-corrected chi connectivity index (χ2v) is 6.91. The summed E-state index contributed by atoms with van der Waals surface area (Å²) in [7, 11) is 0. The van der Waals surface area contributed by atoms with Gasteiger partial charge in [0.2, 0.25) is 0 Å². The van der Waals surface area contributed by atoms with E-state index in [1.807, 2.05) is 67.7 Å². The molecule has 0 fully saturated rings. The van der Waals surface area contributed by atoms with Crippen molar-refractivity contribution in [1.29, 1.82) is 0 Å². The highest BCUT2D eigenvalue weighted by atomic mass is 35.5. The first-order valence-electron chi connectivity index (χ1n) is 8.80. The van der Waals surface area contributed by atoms with Gasteiger partial charge in [0.05, 0.1) is 0 Å². The molecule has 2 nitrogen and oxygen atoms in total. The minimum Gasteiger partial charge on any atom is -0.325 e. The number of nitrogens with zero attached hydrogens (tertiary/aromatic N) is 1. The maximum atomic E-state index is 5.93. The van der Waals surface area contributed by atoms with Crippen LogP contribution in [0.25, 0.3) is 16.7 Å². The van der Waals surface area contributed by atoms with Crippen LogP contribution in [-0.2, 0) is 0 Å². The number of rotatable bonds is 3. The minimum atomic E-state index is 0.0476. The van der Waals surface area contributed by atoms with Crippen molar-refractivity contribution >= 4 is 17.2 Å². The number of hydrogen-bond acceptors (Lipinski definition) is 2. The quantitative estimate of drug-likeness (QED) is 0.612. The molecule has 0 aliphatic rings. The molecule has 0 bridgehead atoms. The Labute approximate surface area is 165 Å². The Morgan fingerprint density at radius 2 is 1.63 bits per heavy atom. The van der Waals surface area contributed by atoms with E-state index in [9.17, 15) is 0 Å². The predicted molar refractivity (Wildman–Crippen MR) is 114 cm³/mol. The number of halogens is 1. The van der Waals surface area contributed by atoms with E-state index in [2.05, 4.69) is 35.9 Å². The van der Waals surface area contributed by atoms with Crippen molar-refractivity contribution in [2.24, 2.45) is 5.73 Å². The van der Waals surface area contributed by atoms with Crippen molar-refractivity contribution in [2.75, 3.05) is 0 Å². The summed E-state index contributed by atoms with van der Waals surface area (Å²) in [6, 6.07) is 19.9. The molecule has 2 N–H and O–H groups in total. The van der Waals surface area contributed by atoms with Gasteiger partial charge in [-0.25, -0.2) is 4.98 Å². The molecule has 0 aliphatic carbocycles. The third-order valence-electron chi connectivity index (χ3n) is 4.13. The van der Waals surface area contributed by atoms with Gasteiger partial charge in [-0.2, -0.15) is 0 Å². The largest absolute Gasteiger partial charge is 0.325 e. The molecule has 0 spiro atoms. The first kappa shape index (κ1) is 18.9. The summed E-state index contributed by atoms with van der Waals surface area (Å²) in [5.41, 5.74) is 12.0. The first-order chi connectivity index (χ1) is 13.0. The van der Waals surface area contributed by atoms with Gasteiger partial charge in [0.15, 0.2) is 0 Å². The van der Waals surface area contributed by atoms with Crippen LogP contribution in [0.4, 0.5) is 0 Å². The van der Waals surface area contributed by atoms with Gasteiger partial charge in [-0.3, -0.25) is 0 Å². The molecule has 0 saturated carbocycles. The fraction of sp³-hybridized carbons (Fsp3) is 0.125. The number of benzene rings is 2. The lowest BCUT2D eigenvalue weighted by molar-refractivity contribution is 0.927. The van der Waals surface area contributed by atoms with Gasteiger partial charge in [-0.1, -0.05) is 53.9 Å². The molecule has 0 saturated heterocycles. The Balaban J connectivity index is 1.73. The molecule has 3 aromatic rings. The summed E-state index contributed by atoms with van der Waals surface area (Å²) in [4.78, 5) is 4.44. The average molecular weight is 373 g/mol. The van der Waals surface area contributed by atoms with Crippen molar-refractivity contribution in [3.63, 3.8) is 0 Å². The maximum absolute atomic E-state index is 5.93. The summed E-state index contributed by atoms with van der Waals surface area (Å²) in [5, 5.41) is 0.725. The number of nitrogens with two attached hydrogens (primary N) is 1. The molecule has 3 rings (SSSR count). The topological polar surface area (TPSA) is 38.9 Å². The summed E-state index contributed by atoms with van der Waals surface area (Å²) in [6.07, 6.45) is 3.88. The summed E-state index contributed by atoms with van der Waals surface area (Å²) < 4.78 is 0. The summed E-state index contributed by atoms with van der Waals surface area (Å²) >= 11 is 5.93. The first-order valence-corrected chi connectivity index (χ1v) is 9.17. The zero-order valence-electron chi connectivity index (χ0n) is 15.4. The van der Waals surface area contributed by atoms with Crippen molar-refractivity contribution in [3.05, 3.63) is 94.8 Å². The van der Waals surface area contributed by atoms with Crippen molar-refractivity contribution < 1.29 is 0 Å². The minimum absolute atomic E-state index is 0.0476. The Morgan fingerprint density at radius 1 is 0.963 bits per heavy atom. The van der Waals surface area contributed by atoms with Crippen LogP contribution in [0.2, 0.25) is 5.02 Å². The van der Waals surface area contributed by atoms with Crippen LogP contribution in [0, 0.1) is 11.8 Å². The van der Waals surface area contributed by atoms with E-state index in [-0.39, 0.29) is 6.04 Å². The number of aromatic nitrogens is 1. The molecule has 1 heterocycles. The van der Waals surface area contributed by atoms with Gasteiger partial charge in [-0.05, 0) is 66.8 Å². The number of allylic oxidation sites excluding steroid dienone is 1. The third-order valence-corrected chi connectivity index (χ3v) is 4.38. The van der Waals surface area contributed by atoms with Crippen LogP contribution in [0.15, 0.2) is 72.9 Å². The van der Waals surface area contributed by atoms with E-state index >= 15 is 0 Å². The molecule has 2 aromatic carbocycles. The Morgan fingerprint density at radius 3 is 2.22 bits per heavy atom. The maximum Gasteiger partial charge on any atom is 0.113 e.